The average molecular weight is 221 g/mol. The lowest BCUT2D eigenvalue weighted by Gasteiger charge is -2.42. The fourth-order valence-electron chi connectivity index (χ4n) is 1.90. The Balaban J connectivity index is 2.27. The number of rotatable bonds is 1. The van der Waals surface area contributed by atoms with Gasteiger partial charge in [-0.2, -0.15) is 0 Å². The molecule has 0 radical (unpaired) electrons. The maximum absolute atomic E-state index is 11.3. The molecule has 0 aromatic rings. The number of Topliss-reactive ketones (excluding diaryl/α,β-unsaturated/α-hetero) is 1. The van der Waals surface area contributed by atoms with Crippen LogP contribution < -0.4 is 0 Å². The SMILES string of the molecule is O=C(O)[C@@H]1C=C[C@@H]2[C@H]1C(=O)C2(Cl)Cl. The van der Waals surface area contributed by atoms with E-state index in [-0.39, 0.29) is 11.7 Å². The smallest absolute Gasteiger partial charge is 0.311 e. The van der Waals surface area contributed by atoms with Crippen LogP contribution in [0.15, 0.2) is 12.2 Å². The van der Waals surface area contributed by atoms with Gasteiger partial charge < -0.3 is 5.11 Å². The standard InChI is InChI=1S/C8H6Cl2O3/c9-8(10)4-2-1-3(7(12)13)5(4)6(8)11/h1-5H,(H,12,13)/t3-,4-,5+/m1/s1. The van der Waals surface area contributed by atoms with Crippen molar-refractivity contribution in [1.82, 2.24) is 0 Å². The van der Waals surface area contributed by atoms with Crippen LogP contribution in [0.25, 0.3) is 0 Å². The van der Waals surface area contributed by atoms with Gasteiger partial charge in [-0.25, -0.2) is 0 Å². The summed E-state index contributed by atoms with van der Waals surface area (Å²) in [7, 11) is 0. The lowest BCUT2D eigenvalue weighted by Crippen LogP contribution is -2.56. The van der Waals surface area contributed by atoms with Gasteiger partial charge in [-0.05, 0) is 0 Å². The summed E-state index contributed by atoms with van der Waals surface area (Å²) in [6, 6.07) is 0. The van der Waals surface area contributed by atoms with Crippen molar-refractivity contribution in [2.75, 3.05) is 0 Å². The molecule has 0 amide bonds. The van der Waals surface area contributed by atoms with Gasteiger partial charge in [0.05, 0.1) is 5.92 Å². The van der Waals surface area contributed by atoms with E-state index in [0.29, 0.717) is 0 Å². The van der Waals surface area contributed by atoms with Gasteiger partial charge in [0.1, 0.15) is 0 Å². The minimum atomic E-state index is -1.40. The van der Waals surface area contributed by atoms with Crippen LogP contribution in [-0.4, -0.2) is 21.2 Å². The summed E-state index contributed by atoms with van der Waals surface area (Å²) in [5.41, 5.74) is 0. The van der Waals surface area contributed by atoms with Crippen LogP contribution in [0.3, 0.4) is 0 Å². The monoisotopic (exact) mass is 220 g/mol. The van der Waals surface area contributed by atoms with E-state index in [4.69, 9.17) is 28.3 Å². The number of carboxylic acid groups (broad SMARTS) is 1. The van der Waals surface area contributed by atoms with Crippen LogP contribution in [0.1, 0.15) is 0 Å². The van der Waals surface area contributed by atoms with Crippen molar-refractivity contribution in [3.8, 4) is 0 Å². The van der Waals surface area contributed by atoms with Crippen LogP contribution in [-0.2, 0) is 9.59 Å². The van der Waals surface area contributed by atoms with E-state index in [1.54, 1.807) is 6.08 Å². The molecule has 1 fully saturated rings. The summed E-state index contributed by atoms with van der Waals surface area (Å²) in [5, 5.41) is 8.73. The quantitative estimate of drug-likeness (QED) is 0.535. The van der Waals surface area contributed by atoms with Gasteiger partial charge in [-0.3, -0.25) is 9.59 Å². The fourth-order valence-corrected chi connectivity index (χ4v) is 2.57. The minimum Gasteiger partial charge on any atom is -0.481 e. The van der Waals surface area contributed by atoms with Gasteiger partial charge in [0.2, 0.25) is 0 Å². The highest BCUT2D eigenvalue weighted by Crippen LogP contribution is 2.55. The van der Waals surface area contributed by atoms with E-state index in [1.807, 2.05) is 0 Å². The molecule has 1 N–H and O–H groups in total. The summed E-state index contributed by atoms with van der Waals surface area (Å²) >= 11 is 11.4. The van der Waals surface area contributed by atoms with Gasteiger partial charge in [-0.1, -0.05) is 35.4 Å². The molecule has 0 bridgehead atoms. The van der Waals surface area contributed by atoms with Crippen molar-refractivity contribution in [3.63, 3.8) is 0 Å². The molecule has 0 aromatic carbocycles. The van der Waals surface area contributed by atoms with E-state index < -0.39 is 22.1 Å². The molecule has 0 unspecified atom stereocenters. The van der Waals surface area contributed by atoms with Crippen molar-refractivity contribution < 1.29 is 14.7 Å². The summed E-state index contributed by atoms with van der Waals surface area (Å²) < 4.78 is -1.40. The number of carboxylic acids is 1. The molecule has 70 valence electrons. The van der Waals surface area contributed by atoms with Crippen molar-refractivity contribution >= 4 is 35.0 Å². The molecular formula is C8H6Cl2O3. The van der Waals surface area contributed by atoms with Crippen molar-refractivity contribution in [1.29, 1.82) is 0 Å². The summed E-state index contributed by atoms with van der Waals surface area (Å²) in [5.74, 6) is -3.00. The molecule has 5 heteroatoms. The van der Waals surface area contributed by atoms with Gasteiger partial charge >= 0.3 is 5.97 Å². The molecule has 3 atom stereocenters. The first kappa shape index (κ1) is 9.03. The Morgan fingerprint density at radius 3 is 2.62 bits per heavy atom. The molecule has 0 heterocycles. The van der Waals surface area contributed by atoms with Crippen molar-refractivity contribution in [3.05, 3.63) is 12.2 Å². The molecule has 0 spiro atoms. The third-order valence-corrected chi connectivity index (χ3v) is 3.51. The van der Waals surface area contributed by atoms with Gasteiger partial charge in [-0.15, -0.1) is 0 Å². The number of ketones is 1. The normalized spacial score (nSPS) is 39.8. The Kier molecular flexibility index (Phi) is 1.73. The van der Waals surface area contributed by atoms with Crippen molar-refractivity contribution in [2.24, 2.45) is 17.8 Å². The third kappa shape index (κ3) is 0.973. The maximum Gasteiger partial charge on any atom is 0.311 e. The lowest BCUT2D eigenvalue weighted by molar-refractivity contribution is -0.149. The van der Waals surface area contributed by atoms with E-state index >= 15 is 0 Å². The largest absolute Gasteiger partial charge is 0.481 e. The molecule has 0 aliphatic heterocycles. The first-order valence-corrected chi connectivity index (χ1v) is 4.55. The van der Waals surface area contributed by atoms with E-state index in [9.17, 15) is 9.59 Å². The predicted octanol–water partition coefficient (Wildman–Crippen LogP) is 1.25. The van der Waals surface area contributed by atoms with Gasteiger partial charge in [0.15, 0.2) is 10.1 Å². The zero-order valence-corrected chi connectivity index (χ0v) is 7.92. The third-order valence-electron chi connectivity index (χ3n) is 2.63. The average Bonchev–Trinajstić information content (AvgIpc) is 2.45. The molecule has 3 nitrogen and oxygen atoms in total. The molecule has 2 aliphatic rings. The fraction of sp³-hybridized carbons (Fsp3) is 0.500. The molecule has 13 heavy (non-hydrogen) atoms. The number of hydrogen-bond acceptors (Lipinski definition) is 2. The van der Waals surface area contributed by atoms with Crippen LogP contribution >= 0.6 is 23.2 Å². The summed E-state index contributed by atoms with van der Waals surface area (Å²) in [6.07, 6.45) is 3.10. The predicted molar refractivity (Wildman–Crippen MR) is 46.7 cm³/mol. The Morgan fingerprint density at radius 1 is 1.46 bits per heavy atom. The van der Waals surface area contributed by atoms with Crippen LogP contribution in [0.4, 0.5) is 0 Å². The zero-order chi connectivity index (χ0) is 9.80. The molecule has 2 aliphatic carbocycles. The van der Waals surface area contributed by atoms with Gasteiger partial charge in [0, 0.05) is 11.8 Å². The first-order valence-electron chi connectivity index (χ1n) is 3.79. The lowest BCUT2D eigenvalue weighted by atomic mass is 9.69. The van der Waals surface area contributed by atoms with Crippen LogP contribution in [0, 0.1) is 17.8 Å². The van der Waals surface area contributed by atoms with E-state index in [0.717, 1.165) is 0 Å². The van der Waals surface area contributed by atoms with E-state index in [1.165, 1.54) is 6.08 Å². The number of carbonyl (C=O) groups is 2. The van der Waals surface area contributed by atoms with Crippen LogP contribution in [0.5, 0.6) is 0 Å². The highest BCUT2D eigenvalue weighted by molar-refractivity contribution is 6.61. The first-order chi connectivity index (χ1) is 5.96. The molecule has 0 aromatic heterocycles. The van der Waals surface area contributed by atoms with E-state index in [2.05, 4.69) is 0 Å². The Labute approximate surface area is 84.3 Å². The number of halogens is 2. The van der Waals surface area contributed by atoms with Gasteiger partial charge in [0.25, 0.3) is 0 Å². The Bertz CT molecular complexity index is 321. The second-order valence-electron chi connectivity index (χ2n) is 3.29. The summed E-state index contributed by atoms with van der Waals surface area (Å²) in [4.78, 5) is 22.0. The summed E-state index contributed by atoms with van der Waals surface area (Å²) in [6.45, 7) is 0. The number of carbonyl (C=O) groups excluding carboxylic acids is 1. The number of hydrogen-bond donors (Lipinski definition) is 1. The van der Waals surface area contributed by atoms with Crippen molar-refractivity contribution in [2.45, 2.75) is 4.33 Å². The van der Waals surface area contributed by atoms with Crippen LogP contribution in [0.2, 0.25) is 0 Å². The second kappa shape index (κ2) is 2.49. The molecule has 2 rings (SSSR count). The number of allylic oxidation sites excluding steroid dienone is 1. The molecule has 1 saturated carbocycles. The topological polar surface area (TPSA) is 54.4 Å². The minimum absolute atomic E-state index is 0.329. The number of alkyl halides is 2. The maximum atomic E-state index is 11.3. The molecule has 0 saturated heterocycles. The Morgan fingerprint density at radius 2 is 2.08 bits per heavy atom. The highest BCUT2D eigenvalue weighted by Gasteiger charge is 2.64. The number of fused-ring (bicyclic) bond motifs is 1. The number of aliphatic carboxylic acids is 1. The second-order valence-corrected chi connectivity index (χ2v) is 4.67. The zero-order valence-electron chi connectivity index (χ0n) is 6.41. The molecular weight excluding hydrogens is 215 g/mol. The highest BCUT2D eigenvalue weighted by atomic mass is 35.5. The Hall–Kier alpha value is -0.540.